The van der Waals surface area contributed by atoms with Crippen LogP contribution >= 0.6 is 9.24 Å². The van der Waals surface area contributed by atoms with Gasteiger partial charge in [-0.1, -0.05) is 45.5 Å². The zero-order valence-electron chi connectivity index (χ0n) is 17.6. The first-order valence-corrected chi connectivity index (χ1v) is 11.1. The largest absolute Gasteiger partial charge is 0.392 e. The standard InChI is InChI=1S/C24H27N4OP/c1-12-8-19-17(6-7-20-23(19)28-24(30)27-20)13(2)22(12)18-5-4-15(9-16(18)11-29)21-10-25-14(3)26-21/h4-5,8-10,13,22,29H,6-7,11,30H2,1-3H3,(H,25,26)(H,27,28). The summed E-state index contributed by atoms with van der Waals surface area (Å²) in [6, 6.07) is 6.42. The van der Waals surface area contributed by atoms with Gasteiger partial charge < -0.3 is 15.1 Å². The van der Waals surface area contributed by atoms with E-state index in [2.05, 4.69) is 62.3 Å². The number of aromatic nitrogens is 4. The fourth-order valence-corrected chi connectivity index (χ4v) is 5.53. The number of aliphatic hydroxyl groups excluding tert-OH is 1. The summed E-state index contributed by atoms with van der Waals surface area (Å²) < 4.78 is 0. The van der Waals surface area contributed by atoms with Gasteiger partial charge in [-0.25, -0.2) is 9.97 Å². The summed E-state index contributed by atoms with van der Waals surface area (Å²) in [4.78, 5) is 15.7. The van der Waals surface area contributed by atoms with Gasteiger partial charge in [0.1, 0.15) is 11.4 Å². The number of nitrogens with one attached hydrogen (secondary N) is 2. The third-order valence-corrected chi connectivity index (χ3v) is 6.89. The molecule has 2 aliphatic carbocycles. The minimum atomic E-state index is 0.0264. The summed E-state index contributed by atoms with van der Waals surface area (Å²) >= 11 is 0. The van der Waals surface area contributed by atoms with Crippen molar-refractivity contribution in [1.29, 1.82) is 0 Å². The molecule has 5 rings (SSSR count). The number of allylic oxidation sites excluding steroid dienone is 4. The molecular weight excluding hydrogens is 391 g/mol. The third-order valence-electron chi connectivity index (χ3n) is 6.62. The molecule has 2 aromatic heterocycles. The summed E-state index contributed by atoms with van der Waals surface area (Å²) in [5.41, 5.74) is 11.6. The van der Waals surface area contributed by atoms with Gasteiger partial charge in [0.25, 0.3) is 0 Å². The molecule has 0 bridgehead atoms. The van der Waals surface area contributed by atoms with Crippen LogP contribution < -0.4 is 5.57 Å². The molecule has 3 N–H and O–H groups in total. The number of rotatable bonds is 3. The van der Waals surface area contributed by atoms with Crippen LogP contribution in [0.25, 0.3) is 16.8 Å². The fraction of sp³-hybridized carbons (Fsp3) is 0.333. The van der Waals surface area contributed by atoms with Crippen molar-refractivity contribution in [3.8, 4) is 11.3 Å². The number of H-pyrrole nitrogens is 2. The number of aliphatic hydroxyl groups is 1. The third kappa shape index (κ3) is 3.08. The Hall–Kier alpha value is -2.49. The molecule has 0 aliphatic heterocycles. The Balaban J connectivity index is 1.56. The molecule has 30 heavy (non-hydrogen) atoms. The van der Waals surface area contributed by atoms with E-state index in [9.17, 15) is 5.11 Å². The smallest absolute Gasteiger partial charge is 0.123 e. The van der Waals surface area contributed by atoms with Gasteiger partial charge in [0.15, 0.2) is 0 Å². The van der Waals surface area contributed by atoms with Gasteiger partial charge in [0.2, 0.25) is 0 Å². The number of hydrogen-bond acceptors (Lipinski definition) is 3. The highest BCUT2D eigenvalue weighted by molar-refractivity contribution is 7.26. The number of aromatic amines is 2. The summed E-state index contributed by atoms with van der Waals surface area (Å²) in [7, 11) is 2.68. The molecule has 1 aromatic carbocycles. The lowest BCUT2D eigenvalue weighted by atomic mass is 9.68. The molecule has 3 aromatic rings. The maximum absolute atomic E-state index is 10.2. The molecule has 0 saturated carbocycles. The molecule has 2 heterocycles. The predicted molar refractivity (Wildman–Crippen MR) is 124 cm³/mol. The second-order valence-electron chi connectivity index (χ2n) is 8.50. The minimum absolute atomic E-state index is 0.0264. The number of hydrogen-bond donors (Lipinski definition) is 3. The Labute approximate surface area is 179 Å². The van der Waals surface area contributed by atoms with Crippen molar-refractivity contribution in [2.45, 2.75) is 46.1 Å². The van der Waals surface area contributed by atoms with Gasteiger partial charge >= 0.3 is 0 Å². The zero-order chi connectivity index (χ0) is 21.0. The van der Waals surface area contributed by atoms with Crippen LogP contribution in [0.15, 0.2) is 41.6 Å². The molecule has 0 radical (unpaired) electrons. The van der Waals surface area contributed by atoms with Gasteiger partial charge in [0, 0.05) is 17.2 Å². The molecule has 3 atom stereocenters. The topological polar surface area (TPSA) is 77.6 Å². The molecule has 6 heteroatoms. The quantitative estimate of drug-likeness (QED) is 0.559. The predicted octanol–water partition coefficient (Wildman–Crippen LogP) is 4.18. The monoisotopic (exact) mass is 418 g/mol. The number of imidazole rings is 2. The van der Waals surface area contributed by atoms with E-state index in [1.807, 2.05) is 13.1 Å². The van der Waals surface area contributed by atoms with Crippen molar-refractivity contribution in [3.63, 3.8) is 0 Å². The second kappa shape index (κ2) is 7.33. The first-order valence-electron chi connectivity index (χ1n) is 10.5. The highest BCUT2D eigenvalue weighted by Crippen LogP contribution is 2.48. The summed E-state index contributed by atoms with van der Waals surface area (Å²) in [5, 5.41) is 10.2. The fourth-order valence-electron chi connectivity index (χ4n) is 5.22. The van der Waals surface area contributed by atoms with Crippen LogP contribution in [0.1, 0.15) is 54.5 Å². The van der Waals surface area contributed by atoms with Crippen LogP contribution in [0.4, 0.5) is 0 Å². The number of aryl methyl sites for hydroxylation is 2. The van der Waals surface area contributed by atoms with Crippen LogP contribution in [0.2, 0.25) is 0 Å². The first-order chi connectivity index (χ1) is 14.5. The van der Waals surface area contributed by atoms with Crippen LogP contribution in [0.3, 0.4) is 0 Å². The van der Waals surface area contributed by atoms with E-state index in [1.54, 1.807) is 0 Å². The molecule has 5 nitrogen and oxygen atoms in total. The van der Waals surface area contributed by atoms with Crippen molar-refractivity contribution in [1.82, 2.24) is 19.9 Å². The van der Waals surface area contributed by atoms with Crippen molar-refractivity contribution in [3.05, 3.63) is 70.0 Å². The van der Waals surface area contributed by atoms with E-state index >= 15 is 0 Å². The van der Waals surface area contributed by atoms with Crippen LogP contribution in [0, 0.1) is 12.8 Å². The number of nitrogens with zero attached hydrogens (tertiary/aromatic N) is 2. The van der Waals surface area contributed by atoms with E-state index in [0.29, 0.717) is 5.92 Å². The lowest BCUT2D eigenvalue weighted by molar-refractivity contribution is 0.279. The SMILES string of the molecule is CC1=CC2=C(CCc3[nH]c(P)nc32)C(C)C1c1ccc(-c2cnc(C)[nH]2)cc1CO. The van der Waals surface area contributed by atoms with Gasteiger partial charge in [-0.05, 0) is 55.4 Å². The normalized spacial score (nSPS) is 20.8. The highest BCUT2D eigenvalue weighted by Gasteiger charge is 2.34. The molecule has 0 amide bonds. The van der Waals surface area contributed by atoms with E-state index in [1.165, 1.54) is 28.0 Å². The van der Waals surface area contributed by atoms with E-state index < -0.39 is 0 Å². The number of benzene rings is 1. The second-order valence-corrected chi connectivity index (χ2v) is 9.04. The van der Waals surface area contributed by atoms with Gasteiger partial charge in [-0.3, -0.25) is 0 Å². The molecule has 0 saturated heterocycles. The summed E-state index contributed by atoms with van der Waals surface area (Å²) in [6.45, 7) is 6.51. The Morgan fingerprint density at radius 3 is 2.77 bits per heavy atom. The summed E-state index contributed by atoms with van der Waals surface area (Å²) in [5.74, 6) is 1.52. The lowest BCUT2D eigenvalue weighted by Crippen LogP contribution is -2.22. The molecule has 154 valence electrons. The van der Waals surface area contributed by atoms with E-state index in [0.717, 1.165) is 46.7 Å². The van der Waals surface area contributed by atoms with Crippen LogP contribution in [-0.2, 0) is 13.0 Å². The van der Waals surface area contributed by atoms with Crippen molar-refractivity contribution >= 4 is 20.4 Å². The first kappa shape index (κ1) is 19.5. The Bertz CT molecular complexity index is 1200. The lowest BCUT2D eigenvalue weighted by Gasteiger charge is -2.36. The molecule has 0 spiro atoms. The Kier molecular flexibility index (Phi) is 4.76. The van der Waals surface area contributed by atoms with E-state index in [-0.39, 0.29) is 12.5 Å². The van der Waals surface area contributed by atoms with Gasteiger partial charge in [-0.15, -0.1) is 0 Å². The van der Waals surface area contributed by atoms with Crippen LogP contribution in [-0.4, -0.2) is 25.0 Å². The average molecular weight is 418 g/mol. The molecular formula is C24H27N4OP. The molecule has 0 fully saturated rings. The van der Waals surface area contributed by atoms with Gasteiger partial charge in [0.05, 0.1) is 24.2 Å². The Morgan fingerprint density at radius 1 is 1.20 bits per heavy atom. The van der Waals surface area contributed by atoms with Crippen molar-refractivity contribution in [2.75, 3.05) is 0 Å². The van der Waals surface area contributed by atoms with Crippen molar-refractivity contribution < 1.29 is 5.11 Å². The molecule has 3 unspecified atom stereocenters. The van der Waals surface area contributed by atoms with Gasteiger partial charge in [-0.2, -0.15) is 0 Å². The minimum Gasteiger partial charge on any atom is -0.392 e. The average Bonchev–Trinajstić information content (AvgIpc) is 3.33. The Morgan fingerprint density at radius 2 is 2.03 bits per heavy atom. The van der Waals surface area contributed by atoms with Crippen LogP contribution in [0.5, 0.6) is 0 Å². The van der Waals surface area contributed by atoms with Crippen molar-refractivity contribution in [2.24, 2.45) is 5.92 Å². The van der Waals surface area contributed by atoms with E-state index in [4.69, 9.17) is 4.98 Å². The molecule has 2 aliphatic rings. The maximum Gasteiger partial charge on any atom is 0.123 e. The maximum atomic E-state index is 10.2. The number of fused-ring (bicyclic) bond motifs is 2. The summed E-state index contributed by atoms with van der Waals surface area (Å²) in [6.07, 6.45) is 6.22. The zero-order valence-corrected chi connectivity index (χ0v) is 18.7. The highest BCUT2D eigenvalue weighted by atomic mass is 31.0.